The minimum atomic E-state index is -0.320. The van der Waals surface area contributed by atoms with E-state index in [1.807, 2.05) is 29.3 Å². The molecule has 4 rings (SSSR count). The summed E-state index contributed by atoms with van der Waals surface area (Å²) in [6.07, 6.45) is 3.74. The Morgan fingerprint density at radius 3 is 3.00 bits per heavy atom. The van der Waals surface area contributed by atoms with Gasteiger partial charge in [0.1, 0.15) is 0 Å². The highest BCUT2D eigenvalue weighted by molar-refractivity contribution is 7.14. The molecule has 0 fully saturated rings. The second-order valence-corrected chi connectivity index (χ2v) is 7.22. The molecular weight excluding hydrogens is 362 g/mol. The van der Waals surface area contributed by atoms with E-state index in [-0.39, 0.29) is 17.6 Å². The maximum Gasteiger partial charge on any atom is 0.293 e. The van der Waals surface area contributed by atoms with E-state index in [0.717, 1.165) is 41.9 Å². The number of nitrogens with zero attached hydrogens (tertiary/aromatic N) is 2. The zero-order chi connectivity index (χ0) is 18.8. The number of hydrogen-bond acceptors (Lipinski definition) is 5. The van der Waals surface area contributed by atoms with Gasteiger partial charge in [-0.25, -0.2) is 4.98 Å². The van der Waals surface area contributed by atoms with Crippen LogP contribution in [0.3, 0.4) is 0 Å². The molecule has 0 bridgehead atoms. The van der Waals surface area contributed by atoms with Gasteiger partial charge in [0.05, 0.1) is 12.0 Å². The van der Waals surface area contributed by atoms with E-state index in [1.165, 1.54) is 17.6 Å². The lowest BCUT2D eigenvalue weighted by atomic mass is 10.1. The first kappa shape index (κ1) is 17.5. The Labute approximate surface area is 160 Å². The van der Waals surface area contributed by atoms with Gasteiger partial charge in [0.2, 0.25) is 5.91 Å². The maximum absolute atomic E-state index is 12.2. The summed E-state index contributed by atoms with van der Waals surface area (Å²) in [4.78, 5) is 30.7. The monoisotopic (exact) mass is 381 g/mol. The molecule has 0 unspecified atom stereocenters. The third-order valence-corrected chi connectivity index (χ3v) is 5.26. The molecule has 2 amide bonds. The van der Waals surface area contributed by atoms with Crippen molar-refractivity contribution in [3.63, 3.8) is 0 Å². The van der Waals surface area contributed by atoms with Gasteiger partial charge in [-0.2, -0.15) is 0 Å². The average Bonchev–Trinajstić information content (AvgIpc) is 3.41. The van der Waals surface area contributed by atoms with Crippen molar-refractivity contribution in [2.75, 3.05) is 16.8 Å². The van der Waals surface area contributed by atoms with Crippen molar-refractivity contribution < 1.29 is 14.0 Å². The fraction of sp³-hybridized carbons (Fsp3) is 0.250. The third-order valence-electron chi connectivity index (χ3n) is 4.51. The van der Waals surface area contributed by atoms with Gasteiger partial charge in [-0.3, -0.25) is 14.9 Å². The molecule has 3 heterocycles. The van der Waals surface area contributed by atoms with Crippen LogP contribution in [-0.2, 0) is 11.2 Å². The smallest absolute Gasteiger partial charge is 0.293 e. The molecule has 27 heavy (non-hydrogen) atoms. The molecule has 2 aromatic heterocycles. The first-order valence-corrected chi connectivity index (χ1v) is 9.77. The van der Waals surface area contributed by atoms with Gasteiger partial charge in [-0.05, 0) is 42.7 Å². The second-order valence-electron chi connectivity index (χ2n) is 6.36. The molecule has 0 aliphatic carbocycles. The van der Waals surface area contributed by atoms with Crippen molar-refractivity contribution in [3.05, 3.63) is 53.3 Å². The zero-order valence-corrected chi connectivity index (χ0v) is 15.7. The molecule has 0 saturated carbocycles. The molecule has 0 spiro atoms. The molecular formula is C20H19N3O3S. The molecule has 1 N–H and O–H groups in total. The van der Waals surface area contributed by atoms with E-state index in [0.29, 0.717) is 11.6 Å². The van der Waals surface area contributed by atoms with Crippen LogP contribution < -0.4 is 10.2 Å². The number of anilines is 2. The fourth-order valence-corrected chi connectivity index (χ4v) is 3.91. The Kier molecular flexibility index (Phi) is 4.77. The number of thiazole rings is 1. The number of fused-ring (bicyclic) bond motifs is 1. The Bertz CT molecular complexity index is 978. The van der Waals surface area contributed by atoms with Crippen LogP contribution in [0.2, 0.25) is 0 Å². The van der Waals surface area contributed by atoms with Crippen LogP contribution >= 0.6 is 11.3 Å². The van der Waals surface area contributed by atoms with Crippen LogP contribution in [0, 0.1) is 0 Å². The topological polar surface area (TPSA) is 75.4 Å². The van der Waals surface area contributed by atoms with Crippen molar-refractivity contribution in [1.29, 1.82) is 0 Å². The van der Waals surface area contributed by atoms with Crippen molar-refractivity contribution in [3.8, 4) is 11.3 Å². The van der Waals surface area contributed by atoms with Gasteiger partial charge in [-0.1, -0.05) is 13.0 Å². The number of carbonyl (C=O) groups is 2. The predicted molar refractivity (Wildman–Crippen MR) is 105 cm³/mol. The van der Waals surface area contributed by atoms with Crippen LogP contribution in [0.1, 0.15) is 35.9 Å². The standard InChI is InChI=1S/C20H19N3O3S/c1-2-4-18(24)23-9-8-14-11-13(6-7-16(14)23)15-12-27-20(21-15)22-19(25)17-5-3-10-26-17/h3,5-7,10-12H,2,4,8-9H2,1H3,(H,21,22,25). The van der Waals surface area contributed by atoms with Crippen molar-refractivity contribution in [2.45, 2.75) is 26.2 Å². The lowest BCUT2D eigenvalue weighted by Gasteiger charge is -2.17. The zero-order valence-electron chi connectivity index (χ0n) is 14.9. The lowest BCUT2D eigenvalue weighted by molar-refractivity contribution is -0.118. The van der Waals surface area contributed by atoms with Crippen LogP contribution in [0.4, 0.5) is 10.8 Å². The molecule has 1 aliphatic rings. The largest absolute Gasteiger partial charge is 0.459 e. The van der Waals surface area contributed by atoms with Crippen LogP contribution in [0.5, 0.6) is 0 Å². The molecule has 7 heteroatoms. The molecule has 3 aromatic rings. The molecule has 6 nitrogen and oxygen atoms in total. The Morgan fingerprint density at radius 1 is 1.33 bits per heavy atom. The summed E-state index contributed by atoms with van der Waals surface area (Å²) < 4.78 is 5.09. The quantitative estimate of drug-likeness (QED) is 0.713. The van der Waals surface area contributed by atoms with Crippen LogP contribution in [-0.4, -0.2) is 23.3 Å². The van der Waals surface area contributed by atoms with Crippen molar-refractivity contribution in [2.24, 2.45) is 0 Å². The highest BCUT2D eigenvalue weighted by atomic mass is 32.1. The minimum Gasteiger partial charge on any atom is -0.459 e. The van der Waals surface area contributed by atoms with E-state index in [4.69, 9.17) is 4.42 Å². The third kappa shape index (κ3) is 3.50. The Morgan fingerprint density at radius 2 is 2.22 bits per heavy atom. The van der Waals surface area contributed by atoms with E-state index < -0.39 is 0 Å². The van der Waals surface area contributed by atoms with E-state index in [9.17, 15) is 9.59 Å². The maximum atomic E-state index is 12.2. The molecule has 0 saturated heterocycles. The molecule has 0 atom stereocenters. The van der Waals surface area contributed by atoms with E-state index in [1.54, 1.807) is 12.1 Å². The summed E-state index contributed by atoms with van der Waals surface area (Å²) in [6.45, 7) is 2.75. The second kappa shape index (κ2) is 7.36. The number of rotatable bonds is 5. The predicted octanol–water partition coefficient (Wildman–Crippen LogP) is 4.34. The molecule has 1 aromatic carbocycles. The van der Waals surface area contributed by atoms with Gasteiger partial charge in [0, 0.05) is 29.6 Å². The van der Waals surface area contributed by atoms with Gasteiger partial charge < -0.3 is 9.32 Å². The first-order valence-electron chi connectivity index (χ1n) is 8.89. The Balaban J connectivity index is 1.51. The van der Waals surface area contributed by atoms with E-state index >= 15 is 0 Å². The van der Waals surface area contributed by atoms with Crippen LogP contribution in [0.15, 0.2) is 46.4 Å². The number of benzene rings is 1. The molecule has 138 valence electrons. The number of hydrogen-bond donors (Lipinski definition) is 1. The van der Waals surface area contributed by atoms with Gasteiger partial charge >= 0.3 is 0 Å². The Hall–Kier alpha value is -2.93. The number of furan rings is 1. The van der Waals surface area contributed by atoms with Crippen molar-refractivity contribution in [1.82, 2.24) is 4.98 Å². The van der Waals surface area contributed by atoms with Gasteiger partial charge in [-0.15, -0.1) is 11.3 Å². The molecule has 1 aliphatic heterocycles. The summed E-state index contributed by atoms with van der Waals surface area (Å²) in [5, 5.41) is 5.18. The van der Waals surface area contributed by atoms with Gasteiger partial charge in [0.25, 0.3) is 5.91 Å². The summed E-state index contributed by atoms with van der Waals surface area (Å²) in [6, 6.07) is 9.33. The van der Waals surface area contributed by atoms with Crippen LogP contribution in [0.25, 0.3) is 11.3 Å². The summed E-state index contributed by atoms with van der Waals surface area (Å²) in [5.74, 6) is 0.113. The normalized spacial score (nSPS) is 12.9. The first-order chi connectivity index (χ1) is 13.2. The van der Waals surface area contributed by atoms with E-state index in [2.05, 4.69) is 16.4 Å². The minimum absolute atomic E-state index is 0.181. The fourth-order valence-electron chi connectivity index (χ4n) is 3.20. The number of aromatic nitrogens is 1. The SMILES string of the molecule is CCCC(=O)N1CCc2cc(-c3csc(NC(=O)c4ccco4)n3)ccc21. The number of amides is 2. The summed E-state index contributed by atoms with van der Waals surface area (Å²) in [5.41, 5.74) is 3.94. The number of carbonyl (C=O) groups excluding carboxylic acids is 2. The lowest BCUT2D eigenvalue weighted by Crippen LogP contribution is -2.28. The summed E-state index contributed by atoms with van der Waals surface area (Å²) in [7, 11) is 0. The molecule has 0 radical (unpaired) electrons. The van der Waals surface area contributed by atoms with Crippen molar-refractivity contribution >= 4 is 34.0 Å². The highest BCUT2D eigenvalue weighted by Crippen LogP contribution is 2.34. The van der Waals surface area contributed by atoms with Gasteiger partial charge in [0.15, 0.2) is 10.9 Å². The summed E-state index contributed by atoms with van der Waals surface area (Å²) >= 11 is 1.37. The average molecular weight is 381 g/mol. The highest BCUT2D eigenvalue weighted by Gasteiger charge is 2.24. The number of nitrogens with one attached hydrogen (secondary N) is 1.